The zero-order valence-electron chi connectivity index (χ0n) is 16.3. The van der Waals surface area contributed by atoms with E-state index in [1.807, 2.05) is 6.92 Å². The van der Waals surface area contributed by atoms with E-state index in [0.717, 1.165) is 18.2 Å². The Hall–Kier alpha value is -3.82. The second kappa shape index (κ2) is 9.12. The van der Waals surface area contributed by atoms with Crippen molar-refractivity contribution in [3.8, 4) is 5.75 Å². The minimum absolute atomic E-state index is 0.0358. The molecule has 30 heavy (non-hydrogen) atoms. The maximum absolute atomic E-state index is 13.7. The quantitative estimate of drug-likeness (QED) is 0.618. The van der Waals surface area contributed by atoms with E-state index in [9.17, 15) is 18.4 Å². The molecule has 10 heteroatoms. The fraction of sp³-hybridized carbons (Fsp3) is 0.200. The number of halogens is 2. The van der Waals surface area contributed by atoms with E-state index < -0.39 is 23.4 Å². The molecule has 0 unspecified atom stereocenters. The Bertz CT molecular complexity index is 1070. The highest BCUT2D eigenvalue weighted by Gasteiger charge is 2.18. The summed E-state index contributed by atoms with van der Waals surface area (Å²) in [6, 6.07) is 9.54. The van der Waals surface area contributed by atoms with Crippen LogP contribution in [-0.4, -0.2) is 33.4 Å². The molecule has 0 fully saturated rings. The van der Waals surface area contributed by atoms with Crippen LogP contribution in [0.3, 0.4) is 0 Å². The van der Waals surface area contributed by atoms with Crippen LogP contribution in [0, 0.1) is 18.6 Å². The van der Waals surface area contributed by atoms with E-state index in [-0.39, 0.29) is 17.9 Å². The maximum Gasteiger partial charge on any atom is 0.278 e. The van der Waals surface area contributed by atoms with Gasteiger partial charge in [0.25, 0.3) is 5.91 Å². The Kier molecular flexibility index (Phi) is 6.35. The maximum atomic E-state index is 13.7. The number of nitrogens with zero attached hydrogens (tertiary/aromatic N) is 3. The van der Waals surface area contributed by atoms with Gasteiger partial charge >= 0.3 is 0 Å². The van der Waals surface area contributed by atoms with Gasteiger partial charge < -0.3 is 15.4 Å². The molecule has 8 nitrogen and oxygen atoms in total. The smallest absolute Gasteiger partial charge is 0.278 e. The molecule has 0 radical (unpaired) electrons. The van der Waals surface area contributed by atoms with Crippen LogP contribution in [0.15, 0.2) is 42.5 Å². The summed E-state index contributed by atoms with van der Waals surface area (Å²) in [6.07, 6.45) is 0. The highest BCUT2D eigenvalue weighted by molar-refractivity contribution is 6.03. The number of carbonyl (C=O) groups excluding carboxylic acids is 2. The summed E-state index contributed by atoms with van der Waals surface area (Å²) >= 11 is 0. The zero-order valence-corrected chi connectivity index (χ0v) is 16.3. The lowest BCUT2D eigenvalue weighted by Gasteiger charge is -2.08. The minimum atomic E-state index is -0.768. The van der Waals surface area contributed by atoms with Gasteiger partial charge in [-0.05, 0) is 50.2 Å². The molecule has 0 aliphatic heterocycles. The Morgan fingerprint density at radius 3 is 2.53 bits per heavy atom. The molecule has 3 aromatic rings. The first-order valence-electron chi connectivity index (χ1n) is 9.06. The normalized spacial score (nSPS) is 10.5. The van der Waals surface area contributed by atoms with Gasteiger partial charge in [0.15, 0.2) is 5.69 Å². The van der Waals surface area contributed by atoms with Gasteiger partial charge in [-0.2, -0.15) is 0 Å². The fourth-order valence-electron chi connectivity index (χ4n) is 2.63. The van der Waals surface area contributed by atoms with Crippen LogP contribution in [-0.2, 0) is 11.3 Å². The first kappa shape index (κ1) is 20.9. The topological polar surface area (TPSA) is 98.1 Å². The van der Waals surface area contributed by atoms with Crippen LogP contribution >= 0.6 is 0 Å². The molecule has 0 saturated carbocycles. The van der Waals surface area contributed by atoms with Crippen molar-refractivity contribution < 1.29 is 23.1 Å². The molecule has 0 aliphatic rings. The van der Waals surface area contributed by atoms with Crippen molar-refractivity contribution in [3.63, 3.8) is 0 Å². The number of ether oxygens (including phenoxy) is 1. The van der Waals surface area contributed by atoms with Crippen molar-refractivity contribution in [2.24, 2.45) is 0 Å². The highest BCUT2D eigenvalue weighted by atomic mass is 19.1. The lowest BCUT2D eigenvalue weighted by atomic mass is 10.2. The van der Waals surface area contributed by atoms with Crippen molar-refractivity contribution in [1.82, 2.24) is 15.0 Å². The molecule has 156 valence electrons. The first-order chi connectivity index (χ1) is 14.4. The van der Waals surface area contributed by atoms with Gasteiger partial charge in [-0.1, -0.05) is 5.21 Å². The second-order valence-corrected chi connectivity index (χ2v) is 6.26. The van der Waals surface area contributed by atoms with Crippen LogP contribution < -0.4 is 15.4 Å². The first-order valence-corrected chi connectivity index (χ1v) is 9.06. The van der Waals surface area contributed by atoms with Crippen LogP contribution in [0.25, 0.3) is 0 Å². The minimum Gasteiger partial charge on any atom is -0.494 e. The van der Waals surface area contributed by atoms with Gasteiger partial charge in [0, 0.05) is 11.8 Å². The fourth-order valence-corrected chi connectivity index (χ4v) is 2.63. The van der Waals surface area contributed by atoms with E-state index in [2.05, 4.69) is 20.9 Å². The van der Waals surface area contributed by atoms with Gasteiger partial charge in [0.1, 0.15) is 23.9 Å². The zero-order chi connectivity index (χ0) is 21.7. The lowest BCUT2D eigenvalue weighted by molar-refractivity contribution is -0.117. The molecule has 1 heterocycles. The Labute approximate surface area is 170 Å². The molecule has 0 saturated heterocycles. The van der Waals surface area contributed by atoms with Gasteiger partial charge in [-0.3, -0.25) is 9.59 Å². The third-order valence-corrected chi connectivity index (χ3v) is 4.12. The number of nitrogens with one attached hydrogen (secondary N) is 2. The van der Waals surface area contributed by atoms with E-state index in [1.165, 1.54) is 4.68 Å². The van der Waals surface area contributed by atoms with E-state index in [4.69, 9.17) is 4.74 Å². The molecule has 2 aromatic carbocycles. The van der Waals surface area contributed by atoms with Crippen molar-refractivity contribution >= 4 is 23.2 Å². The van der Waals surface area contributed by atoms with Crippen molar-refractivity contribution in [2.45, 2.75) is 20.4 Å². The number of carbonyl (C=O) groups is 2. The average molecular weight is 415 g/mol. The Morgan fingerprint density at radius 2 is 1.83 bits per heavy atom. The Balaban J connectivity index is 1.65. The number of amides is 2. The molecule has 0 aliphatic carbocycles. The highest BCUT2D eigenvalue weighted by Crippen LogP contribution is 2.17. The summed E-state index contributed by atoms with van der Waals surface area (Å²) < 4.78 is 33.4. The number of hydrogen-bond acceptors (Lipinski definition) is 5. The molecule has 0 spiro atoms. The van der Waals surface area contributed by atoms with Crippen molar-refractivity contribution in [3.05, 3.63) is 65.5 Å². The Morgan fingerprint density at radius 1 is 1.10 bits per heavy atom. The SMILES string of the molecule is CCOc1ccc(NC(=O)c2nnn(CC(=O)Nc3cc(F)ccc3F)c2C)cc1. The van der Waals surface area contributed by atoms with Crippen LogP contribution in [0.5, 0.6) is 5.75 Å². The number of rotatable bonds is 7. The van der Waals surface area contributed by atoms with E-state index in [1.54, 1.807) is 31.2 Å². The molecule has 1 aromatic heterocycles. The lowest BCUT2D eigenvalue weighted by Crippen LogP contribution is -2.21. The van der Waals surface area contributed by atoms with Gasteiger partial charge in [0.2, 0.25) is 5.91 Å². The summed E-state index contributed by atoms with van der Waals surface area (Å²) in [5, 5.41) is 12.6. The predicted molar refractivity (Wildman–Crippen MR) is 105 cm³/mol. The monoisotopic (exact) mass is 415 g/mol. The molecule has 0 bridgehead atoms. The summed E-state index contributed by atoms with van der Waals surface area (Å²) in [6.45, 7) is 3.65. The average Bonchev–Trinajstić information content (AvgIpc) is 3.07. The standard InChI is InChI=1S/C20H19F2N5O3/c1-3-30-15-7-5-14(6-8-15)23-20(29)19-12(2)27(26-25-19)11-18(28)24-17-10-13(21)4-9-16(17)22/h4-10H,3,11H2,1-2H3,(H,23,29)(H,24,28). The van der Waals surface area contributed by atoms with Gasteiger partial charge in [-0.15, -0.1) is 5.10 Å². The van der Waals surface area contributed by atoms with Crippen molar-refractivity contribution in [2.75, 3.05) is 17.2 Å². The van der Waals surface area contributed by atoms with Crippen LogP contribution in [0.4, 0.5) is 20.2 Å². The number of aromatic nitrogens is 3. The molecule has 3 rings (SSSR count). The molecular weight excluding hydrogens is 396 g/mol. The predicted octanol–water partition coefficient (Wildman–Crippen LogP) is 3.15. The molecular formula is C20H19F2N5O3. The third kappa shape index (κ3) is 4.96. The van der Waals surface area contributed by atoms with E-state index >= 15 is 0 Å². The summed E-state index contributed by atoms with van der Waals surface area (Å²) in [7, 11) is 0. The molecule has 0 atom stereocenters. The summed E-state index contributed by atoms with van der Waals surface area (Å²) in [4.78, 5) is 24.6. The van der Waals surface area contributed by atoms with Crippen molar-refractivity contribution in [1.29, 1.82) is 0 Å². The van der Waals surface area contributed by atoms with Crippen LogP contribution in [0.2, 0.25) is 0 Å². The van der Waals surface area contributed by atoms with E-state index in [0.29, 0.717) is 23.7 Å². The van der Waals surface area contributed by atoms with Gasteiger partial charge in [-0.25, -0.2) is 13.5 Å². The van der Waals surface area contributed by atoms with Gasteiger partial charge in [0.05, 0.1) is 18.0 Å². The largest absolute Gasteiger partial charge is 0.494 e. The molecule has 2 amide bonds. The number of anilines is 2. The summed E-state index contributed by atoms with van der Waals surface area (Å²) in [5.74, 6) is -1.92. The summed E-state index contributed by atoms with van der Waals surface area (Å²) in [5.41, 5.74) is 0.630. The second-order valence-electron chi connectivity index (χ2n) is 6.26. The number of hydrogen-bond donors (Lipinski definition) is 2. The van der Waals surface area contributed by atoms with Crippen LogP contribution in [0.1, 0.15) is 23.1 Å². The number of benzene rings is 2. The molecule has 2 N–H and O–H groups in total. The third-order valence-electron chi connectivity index (χ3n) is 4.12.